The normalized spacial score (nSPS) is 10.4. The topological polar surface area (TPSA) is 37.8 Å². The highest BCUT2D eigenvalue weighted by Crippen LogP contribution is 2.22. The first-order valence-corrected chi connectivity index (χ1v) is 6.09. The molecule has 1 N–H and O–H groups in total. The van der Waals surface area contributed by atoms with Crippen LogP contribution in [0, 0.1) is 5.82 Å². The molecule has 18 heavy (non-hydrogen) atoms. The largest absolute Gasteiger partial charge is 0.340 e. The fourth-order valence-corrected chi connectivity index (χ4v) is 1.73. The molecule has 1 aromatic heterocycles. The van der Waals surface area contributed by atoms with Gasteiger partial charge in [-0.3, -0.25) is 0 Å². The van der Waals surface area contributed by atoms with E-state index in [9.17, 15) is 4.39 Å². The highest BCUT2D eigenvalue weighted by molar-refractivity contribution is 6.30. The quantitative estimate of drug-likeness (QED) is 0.858. The summed E-state index contributed by atoms with van der Waals surface area (Å²) < 4.78 is 13.3. The average Bonchev–Trinajstić information content (AvgIpc) is 2.33. The van der Waals surface area contributed by atoms with Crippen LogP contribution in [-0.4, -0.2) is 9.97 Å². The monoisotopic (exact) mass is 285 g/mol. The van der Waals surface area contributed by atoms with Gasteiger partial charge in [0.15, 0.2) is 0 Å². The molecule has 6 heteroatoms. The van der Waals surface area contributed by atoms with Crippen LogP contribution in [0.15, 0.2) is 24.3 Å². The third kappa shape index (κ3) is 3.09. The van der Waals surface area contributed by atoms with Crippen molar-refractivity contribution in [1.29, 1.82) is 0 Å². The van der Waals surface area contributed by atoms with Crippen LogP contribution in [0.4, 0.5) is 15.9 Å². The lowest BCUT2D eigenvalue weighted by atomic mass is 10.3. The Labute approximate surface area is 114 Å². The second-order valence-electron chi connectivity index (χ2n) is 3.60. The third-order valence-electron chi connectivity index (χ3n) is 2.25. The van der Waals surface area contributed by atoms with Gasteiger partial charge in [-0.2, -0.15) is 0 Å². The predicted molar refractivity (Wildman–Crippen MR) is 71.1 cm³/mol. The summed E-state index contributed by atoms with van der Waals surface area (Å²) in [6.07, 6.45) is 0.671. The molecular weight excluding hydrogens is 276 g/mol. The molecule has 0 radical (unpaired) electrons. The molecule has 0 aliphatic heterocycles. The Bertz CT molecular complexity index is 575. The van der Waals surface area contributed by atoms with E-state index in [0.29, 0.717) is 28.9 Å². The average molecular weight is 286 g/mol. The van der Waals surface area contributed by atoms with E-state index in [-0.39, 0.29) is 5.02 Å². The van der Waals surface area contributed by atoms with Crippen LogP contribution in [0.3, 0.4) is 0 Å². The lowest BCUT2D eigenvalue weighted by Gasteiger charge is -2.07. The van der Waals surface area contributed by atoms with Crippen LogP contribution in [0.1, 0.15) is 12.7 Å². The number of anilines is 2. The zero-order valence-corrected chi connectivity index (χ0v) is 11.1. The Kier molecular flexibility index (Phi) is 3.99. The van der Waals surface area contributed by atoms with Crippen molar-refractivity contribution < 1.29 is 4.39 Å². The highest BCUT2D eigenvalue weighted by atomic mass is 35.5. The summed E-state index contributed by atoms with van der Waals surface area (Å²) in [6.45, 7) is 1.93. The van der Waals surface area contributed by atoms with Crippen molar-refractivity contribution in [2.45, 2.75) is 13.3 Å². The number of benzene rings is 1. The van der Waals surface area contributed by atoms with Gasteiger partial charge in [-0.1, -0.05) is 30.1 Å². The van der Waals surface area contributed by atoms with Gasteiger partial charge in [0.25, 0.3) is 0 Å². The van der Waals surface area contributed by atoms with Gasteiger partial charge in [0.2, 0.25) is 0 Å². The number of halogens is 3. The number of aryl methyl sites for hydroxylation is 1. The second-order valence-corrected chi connectivity index (χ2v) is 4.39. The first-order chi connectivity index (χ1) is 8.58. The van der Waals surface area contributed by atoms with E-state index in [0.717, 1.165) is 0 Å². The lowest BCUT2D eigenvalue weighted by molar-refractivity contribution is 0.629. The third-order valence-corrected chi connectivity index (χ3v) is 2.75. The van der Waals surface area contributed by atoms with Gasteiger partial charge in [-0.25, -0.2) is 14.4 Å². The van der Waals surface area contributed by atoms with E-state index in [1.54, 1.807) is 12.1 Å². The van der Waals surface area contributed by atoms with Crippen molar-refractivity contribution in [3.05, 3.63) is 46.1 Å². The summed E-state index contributed by atoms with van der Waals surface area (Å²) in [7, 11) is 0. The molecular formula is C12H10Cl2FN3. The van der Waals surface area contributed by atoms with E-state index in [4.69, 9.17) is 23.2 Å². The van der Waals surface area contributed by atoms with Crippen molar-refractivity contribution in [1.82, 2.24) is 9.97 Å². The minimum Gasteiger partial charge on any atom is -0.340 e. The molecule has 3 nitrogen and oxygen atoms in total. The molecule has 0 bridgehead atoms. The SMILES string of the molecule is CCc1nc(Cl)cc(Nc2ccc(Cl)c(F)c2)n1. The van der Waals surface area contributed by atoms with Gasteiger partial charge in [0.05, 0.1) is 5.02 Å². The van der Waals surface area contributed by atoms with Crippen molar-refractivity contribution in [3.63, 3.8) is 0 Å². The smallest absolute Gasteiger partial charge is 0.143 e. The van der Waals surface area contributed by atoms with E-state index in [1.165, 1.54) is 12.1 Å². The van der Waals surface area contributed by atoms with Crippen LogP contribution in [0.25, 0.3) is 0 Å². The molecule has 0 saturated heterocycles. The summed E-state index contributed by atoms with van der Waals surface area (Å²) in [5.41, 5.74) is 0.550. The van der Waals surface area contributed by atoms with Gasteiger partial charge in [-0.15, -0.1) is 0 Å². The molecule has 0 amide bonds. The summed E-state index contributed by atoms with van der Waals surface area (Å²) in [5, 5.41) is 3.38. The van der Waals surface area contributed by atoms with E-state index in [1.807, 2.05) is 6.92 Å². The number of nitrogens with zero attached hydrogens (tertiary/aromatic N) is 2. The molecule has 0 unspecified atom stereocenters. The number of nitrogens with one attached hydrogen (secondary N) is 1. The van der Waals surface area contributed by atoms with E-state index < -0.39 is 5.82 Å². The van der Waals surface area contributed by atoms with Crippen molar-refractivity contribution in [2.75, 3.05) is 5.32 Å². The number of hydrogen-bond acceptors (Lipinski definition) is 3. The molecule has 0 spiro atoms. The van der Waals surface area contributed by atoms with Crippen molar-refractivity contribution in [2.24, 2.45) is 0 Å². The van der Waals surface area contributed by atoms with Crippen molar-refractivity contribution in [3.8, 4) is 0 Å². The summed E-state index contributed by atoms with van der Waals surface area (Å²) >= 11 is 11.5. The first kappa shape index (κ1) is 13.1. The van der Waals surface area contributed by atoms with E-state index in [2.05, 4.69) is 15.3 Å². The van der Waals surface area contributed by atoms with Crippen LogP contribution < -0.4 is 5.32 Å². The van der Waals surface area contributed by atoms with E-state index >= 15 is 0 Å². The van der Waals surface area contributed by atoms with Crippen molar-refractivity contribution >= 4 is 34.7 Å². The standard InChI is InChI=1S/C12H10Cl2FN3/c1-2-11-17-10(14)6-12(18-11)16-7-3-4-8(13)9(15)5-7/h3-6H,2H2,1H3,(H,16,17,18). The molecule has 1 aromatic carbocycles. The fraction of sp³-hybridized carbons (Fsp3) is 0.167. The predicted octanol–water partition coefficient (Wildman–Crippen LogP) is 4.23. The van der Waals surface area contributed by atoms with Crippen LogP contribution in [-0.2, 0) is 6.42 Å². The Hall–Kier alpha value is -1.39. The molecule has 1 heterocycles. The second kappa shape index (κ2) is 5.50. The van der Waals surface area contributed by atoms with Gasteiger partial charge >= 0.3 is 0 Å². The number of aromatic nitrogens is 2. The molecule has 94 valence electrons. The van der Waals surface area contributed by atoms with Crippen LogP contribution in [0.5, 0.6) is 0 Å². The number of hydrogen-bond donors (Lipinski definition) is 1. The Morgan fingerprint density at radius 1 is 1.22 bits per heavy atom. The maximum absolute atomic E-state index is 13.3. The maximum Gasteiger partial charge on any atom is 0.143 e. The Morgan fingerprint density at radius 3 is 2.67 bits per heavy atom. The lowest BCUT2D eigenvalue weighted by Crippen LogP contribution is -1.99. The summed E-state index contributed by atoms with van der Waals surface area (Å²) in [5.74, 6) is 0.658. The van der Waals surface area contributed by atoms with Gasteiger partial charge in [0.1, 0.15) is 22.6 Å². The fourth-order valence-electron chi connectivity index (χ4n) is 1.41. The summed E-state index contributed by atoms with van der Waals surface area (Å²) in [4.78, 5) is 8.28. The molecule has 0 atom stereocenters. The maximum atomic E-state index is 13.3. The number of rotatable bonds is 3. The zero-order chi connectivity index (χ0) is 13.1. The molecule has 0 aliphatic rings. The van der Waals surface area contributed by atoms with Gasteiger partial charge in [0, 0.05) is 18.2 Å². The molecule has 2 rings (SSSR count). The summed E-state index contributed by atoms with van der Waals surface area (Å²) in [6, 6.07) is 6.01. The van der Waals surface area contributed by atoms with Crippen LogP contribution >= 0.6 is 23.2 Å². The van der Waals surface area contributed by atoms with Gasteiger partial charge < -0.3 is 5.32 Å². The highest BCUT2D eigenvalue weighted by Gasteiger charge is 2.04. The van der Waals surface area contributed by atoms with Gasteiger partial charge in [-0.05, 0) is 18.2 Å². The molecule has 0 fully saturated rings. The van der Waals surface area contributed by atoms with Crippen LogP contribution in [0.2, 0.25) is 10.2 Å². The molecule has 0 aliphatic carbocycles. The minimum atomic E-state index is -0.488. The molecule has 2 aromatic rings. The minimum absolute atomic E-state index is 0.0792. The molecule has 0 saturated carbocycles. The Morgan fingerprint density at radius 2 is 2.00 bits per heavy atom. The zero-order valence-electron chi connectivity index (χ0n) is 9.54. The Balaban J connectivity index is 2.27. The first-order valence-electron chi connectivity index (χ1n) is 5.34.